The average Bonchev–Trinajstić information content (AvgIpc) is 3.17. The SMILES string of the molecule is CCCCCCN(CC1COCCOCC(CN(CCCCCC)C(=O)C2CCCCC2C(=O)O)OCCOCCO1)C(=O)C1CCCCC1C(=O)O. The van der Waals surface area contributed by atoms with Gasteiger partial charge in [0.05, 0.1) is 88.7 Å². The molecule has 13 nitrogen and oxygen atoms in total. The predicted octanol–water partition coefficient (Wildman–Crippen LogP) is 5.42. The topological polar surface area (TPSA) is 161 Å². The summed E-state index contributed by atoms with van der Waals surface area (Å²) in [5, 5.41) is 19.8. The zero-order chi connectivity index (χ0) is 38.3. The first-order valence-corrected chi connectivity index (χ1v) is 20.8. The third-order valence-electron chi connectivity index (χ3n) is 11.0. The zero-order valence-corrected chi connectivity index (χ0v) is 32.7. The van der Waals surface area contributed by atoms with E-state index in [1.165, 1.54) is 0 Å². The summed E-state index contributed by atoms with van der Waals surface area (Å²) >= 11 is 0. The third kappa shape index (κ3) is 16.5. The van der Waals surface area contributed by atoms with Crippen molar-refractivity contribution in [2.75, 3.05) is 79.0 Å². The van der Waals surface area contributed by atoms with Gasteiger partial charge in [-0.05, 0) is 38.5 Å². The van der Waals surface area contributed by atoms with Crippen molar-refractivity contribution < 1.29 is 53.1 Å². The number of carbonyl (C=O) groups is 4. The van der Waals surface area contributed by atoms with E-state index < -0.39 is 47.8 Å². The number of ether oxygens (including phenoxy) is 5. The number of amides is 2. The minimum Gasteiger partial charge on any atom is -0.481 e. The van der Waals surface area contributed by atoms with Crippen LogP contribution in [0.25, 0.3) is 0 Å². The van der Waals surface area contributed by atoms with E-state index in [1.54, 1.807) is 9.80 Å². The highest BCUT2D eigenvalue weighted by Gasteiger charge is 2.39. The Hall–Kier alpha value is -2.32. The van der Waals surface area contributed by atoms with Gasteiger partial charge in [-0.1, -0.05) is 78.1 Å². The van der Waals surface area contributed by atoms with Gasteiger partial charge in [-0.3, -0.25) is 19.2 Å². The molecule has 6 unspecified atom stereocenters. The van der Waals surface area contributed by atoms with E-state index in [9.17, 15) is 29.4 Å². The molecule has 0 aromatic heterocycles. The lowest BCUT2D eigenvalue weighted by Crippen LogP contribution is -2.47. The molecule has 3 rings (SSSR count). The van der Waals surface area contributed by atoms with Crippen molar-refractivity contribution in [1.82, 2.24) is 9.80 Å². The van der Waals surface area contributed by atoms with E-state index >= 15 is 0 Å². The Bertz CT molecular complexity index is 982. The smallest absolute Gasteiger partial charge is 0.307 e. The summed E-state index contributed by atoms with van der Waals surface area (Å²) in [6.07, 6.45) is 12.8. The summed E-state index contributed by atoms with van der Waals surface area (Å²) < 4.78 is 30.3. The quantitative estimate of drug-likeness (QED) is 0.172. The first-order valence-electron chi connectivity index (χ1n) is 20.8. The van der Waals surface area contributed by atoms with Crippen molar-refractivity contribution in [3.8, 4) is 0 Å². The fourth-order valence-electron chi connectivity index (χ4n) is 7.95. The van der Waals surface area contributed by atoms with Crippen molar-refractivity contribution in [2.45, 2.75) is 129 Å². The number of aliphatic carboxylic acids is 2. The molecule has 6 atom stereocenters. The van der Waals surface area contributed by atoms with Crippen LogP contribution in [0.3, 0.4) is 0 Å². The van der Waals surface area contributed by atoms with Crippen LogP contribution in [-0.4, -0.2) is 135 Å². The van der Waals surface area contributed by atoms with Gasteiger partial charge in [-0.15, -0.1) is 0 Å². The van der Waals surface area contributed by atoms with Gasteiger partial charge in [0.1, 0.15) is 0 Å². The minimum atomic E-state index is -0.895. The second-order valence-electron chi connectivity index (χ2n) is 15.1. The fourth-order valence-corrected chi connectivity index (χ4v) is 7.95. The third-order valence-corrected chi connectivity index (χ3v) is 11.0. The molecule has 13 heteroatoms. The number of hydrogen-bond acceptors (Lipinski definition) is 9. The molecule has 306 valence electrons. The summed E-state index contributed by atoms with van der Waals surface area (Å²) in [7, 11) is 0. The number of rotatable bonds is 18. The van der Waals surface area contributed by atoms with Crippen LogP contribution in [0.2, 0.25) is 0 Å². The molecule has 0 aromatic carbocycles. The molecule has 2 saturated carbocycles. The summed E-state index contributed by atoms with van der Waals surface area (Å²) in [5.74, 6) is -4.35. The van der Waals surface area contributed by atoms with E-state index in [2.05, 4.69) is 13.8 Å². The minimum absolute atomic E-state index is 0.101. The molecule has 1 aliphatic heterocycles. The largest absolute Gasteiger partial charge is 0.481 e. The van der Waals surface area contributed by atoms with E-state index in [1.807, 2.05) is 0 Å². The van der Waals surface area contributed by atoms with Crippen LogP contribution in [-0.2, 0) is 42.9 Å². The lowest BCUT2D eigenvalue weighted by atomic mass is 9.78. The molecule has 0 bridgehead atoms. The molecule has 2 N–H and O–H groups in total. The number of nitrogens with zero attached hydrogens (tertiary/aromatic N) is 2. The average molecular weight is 755 g/mol. The van der Waals surface area contributed by atoms with Crippen molar-refractivity contribution in [3.05, 3.63) is 0 Å². The van der Waals surface area contributed by atoms with Crippen molar-refractivity contribution in [2.24, 2.45) is 23.7 Å². The molecular weight excluding hydrogens is 684 g/mol. The number of unbranched alkanes of at least 4 members (excludes halogenated alkanes) is 6. The van der Waals surface area contributed by atoms with E-state index in [4.69, 9.17) is 23.7 Å². The van der Waals surface area contributed by atoms with E-state index in [0.717, 1.165) is 77.0 Å². The molecule has 3 aliphatic rings. The summed E-state index contributed by atoms with van der Waals surface area (Å²) in [6, 6.07) is 0. The number of carbonyl (C=O) groups excluding carboxylic acids is 2. The van der Waals surface area contributed by atoms with Gasteiger partial charge in [-0.25, -0.2) is 0 Å². The van der Waals surface area contributed by atoms with Crippen LogP contribution < -0.4 is 0 Å². The second-order valence-corrected chi connectivity index (χ2v) is 15.1. The predicted molar refractivity (Wildman–Crippen MR) is 200 cm³/mol. The van der Waals surface area contributed by atoms with Crippen LogP contribution >= 0.6 is 0 Å². The van der Waals surface area contributed by atoms with Crippen molar-refractivity contribution in [1.29, 1.82) is 0 Å². The number of carboxylic acids is 2. The van der Waals surface area contributed by atoms with E-state index in [-0.39, 0.29) is 25.0 Å². The maximum atomic E-state index is 13.9. The lowest BCUT2D eigenvalue weighted by molar-refractivity contribution is -0.153. The number of carboxylic acid groups (broad SMARTS) is 2. The first kappa shape index (κ1) is 45.1. The molecule has 0 aromatic rings. The Morgan fingerprint density at radius 2 is 0.887 bits per heavy atom. The highest BCUT2D eigenvalue weighted by molar-refractivity contribution is 5.85. The maximum Gasteiger partial charge on any atom is 0.307 e. The monoisotopic (exact) mass is 754 g/mol. The zero-order valence-electron chi connectivity index (χ0n) is 32.7. The summed E-state index contributed by atoms with van der Waals surface area (Å²) in [4.78, 5) is 55.5. The highest BCUT2D eigenvalue weighted by atomic mass is 16.6. The Morgan fingerprint density at radius 1 is 0.509 bits per heavy atom. The van der Waals surface area contributed by atoms with Crippen molar-refractivity contribution >= 4 is 23.8 Å². The lowest BCUT2D eigenvalue weighted by Gasteiger charge is -2.34. The summed E-state index contributed by atoms with van der Waals surface area (Å²) in [6.45, 7) is 8.28. The Balaban J connectivity index is 1.62. The van der Waals surface area contributed by atoms with Gasteiger partial charge in [0.25, 0.3) is 0 Å². The Morgan fingerprint density at radius 3 is 1.26 bits per heavy atom. The molecule has 53 heavy (non-hydrogen) atoms. The Labute approximate surface area is 317 Å². The normalized spacial score (nSPS) is 26.8. The number of hydrogen-bond donors (Lipinski definition) is 2. The van der Waals surface area contributed by atoms with Crippen molar-refractivity contribution in [3.63, 3.8) is 0 Å². The summed E-state index contributed by atoms with van der Waals surface area (Å²) in [5.41, 5.74) is 0. The molecule has 2 amide bonds. The van der Waals surface area contributed by atoms with Crippen LogP contribution in [0.1, 0.15) is 117 Å². The van der Waals surface area contributed by atoms with Crippen LogP contribution in [0.5, 0.6) is 0 Å². The molecule has 0 spiro atoms. The first-order chi connectivity index (χ1) is 25.8. The van der Waals surface area contributed by atoms with Crippen LogP contribution in [0, 0.1) is 23.7 Å². The van der Waals surface area contributed by atoms with Gasteiger partial charge >= 0.3 is 11.9 Å². The Kier molecular flexibility index (Phi) is 22.5. The molecular formula is C40H70N2O11. The molecule has 3 fully saturated rings. The molecule has 0 radical (unpaired) electrons. The van der Waals surface area contributed by atoms with Gasteiger partial charge in [0, 0.05) is 26.2 Å². The van der Waals surface area contributed by atoms with Crippen LogP contribution in [0.4, 0.5) is 0 Å². The highest BCUT2D eigenvalue weighted by Crippen LogP contribution is 2.33. The van der Waals surface area contributed by atoms with Gasteiger partial charge in [0.15, 0.2) is 0 Å². The molecule has 1 saturated heterocycles. The van der Waals surface area contributed by atoms with Crippen LogP contribution in [0.15, 0.2) is 0 Å². The maximum absolute atomic E-state index is 13.9. The van der Waals surface area contributed by atoms with E-state index in [0.29, 0.717) is 91.5 Å². The fraction of sp³-hybridized carbons (Fsp3) is 0.900. The molecule has 1 heterocycles. The molecule has 2 aliphatic carbocycles. The standard InChI is InChI=1S/C40H70N2O11/c1-3-5-7-13-19-41(37(43)33-15-9-11-17-35(33)39(45)46)27-31-29-50-21-22-51-30-32(53-26-24-49-23-25-52-31)28-42(20-14-8-6-4-2)38(44)34-16-10-12-18-36(34)40(47)48/h31-36H,3-30H2,1-2H3,(H,45,46)(H,47,48). The van der Waals surface area contributed by atoms with Gasteiger partial charge < -0.3 is 43.7 Å². The van der Waals surface area contributed by atoms with Gasteiger partial charge in [-0.2, -0.15) is 0 Å². The second kappa shape index (κ2) is 26.5. The van der Waals surface area contributed by atoms with Gasteiger partial charge in [0.2, 0.25) is 11.8 Å².